The Bertz CT molecular complexity index is 510. The highest BCUT2D eigenvalue weighted by Crippen LogP contribution is 2.08. The lowest BCUT2D eigenvalue weighted by Gasteiger charge is -2.00. The van der Waals surface area contributed by atoms with Crippen LogP contribution in [0.25, 0.3) is 5.82 Å². The Morgan fingerprint density at radius 2 is 2.27 bits per heavy atom. The zero-order valence-corrected chi connectivity index (χ0v) is 9.62. The van der Waals surface area contributed by atoms with Crippen LogP contribution in [0.1, 0.15) is 10.5 Å². The molecular weight excluding hydrogens is 309 g/mol. The summed E-state index contributed by atoms with van der Waals surface area (Å²) in [7, 11) is 0. The molecule has 0 saturated heterocycles. The summed E-state index contributed by atoms with van der Waals surface area (Å²) in [6, 6.07) is 4.79. The number of carbonyl (C=O) groups is 1. The topological polar surface area (TPSA) is 68.0 Å². The number of hydrogen-bond acceptors (Lipinski definition) is 3. The summed E-state index contributed by atoms with van der Waals surface area (Å²) in [5, 5.41) is 12.8. The lowest BCUT2D eigenvalue weighted by Crippen LogP contribution is -2.04. The van der Waals surface area contributed by atoms with Crippen molar-refractivity contribution in [1.82, 2.24) is 14.8 Å². The van der Waals surface area contributed by atoms with E-state index in [0.29, 0.717) is 5.82 Å². The molecule has 2 heterocycles. The first kappa shape index (κ1) is 10.1. The van der Waals surface area contributed by atoms with Gasteiger partial charge in [-0.2, -0.15) is 5.10 Å². The van der Waals surface area contributed by atoms with Crippen molar-refractivity contribution < 1.29 is 9.90 Å². The average Bonchev–Trinajstić information content (AvgIpc) is 2.65. The number of rotatable bonds is 2. The molecule has 15 heavy (non-hydrogen) atoms. The van der Waals surface area contributed by atoms with E-state index in [4.69, 9.17) is 5.11 Å². The summed E-state index contributed by atoms with van der Waals surface area (Å²) < 4.78 is 2.50. The van der Waals surface area contributed by atoms with E-state index >= 15 is 0 Å². The second-order valence-corrected chi connectivity index (χ2v) is 4.03. The first-order valence-electron chi connectivity index (χ1n) is 4.08. The van der Waals surface area contributed by atoms with Gasteiger partial charge in [-0.05, 0) is 34.7 Å². The fourth-order valence-electron chi connectivity index (χ4n) is 1.10. The molecule has 1 N–H and O–H groups in total. The van der Waals surface area contributed by atoms with Crippen molar-refractivity contribution in [2.45, 2.75) is 0 Å². The second-order valence-electron chi connectivity index (χ2n) is 2.79. The number of carboxylic acid groups (broad SMARTS) is 1. The molecule has 0 unspecified atom stereocenters. The summed E-state index contributed by atoms with van der Waals surface area (Å²) in [5.41, 5.74) is 0.0120. The summed E-state index contributed by atoms with van der Waals surface area (Å²) in [6.07, 6.45) is 3.45. The van der Waals surface area contributed by atoms with Crippen molar-refractivity contribution >= 4 is 28.6 Å². The van der Waals surface area contributed by atoms with Crippen molar-refractivity contribution in [3.8, 4) is 5.82 Å². The number of pyridine rings is 1. The predicted molar refractivity (Wildman–Crippen MR) is 61.0 cm³/mol. The number of carboxylic acids is 1. The van der Waals surface area contributed by atoms with E-state index in [9.17, 15) is 4.79 Å². The third kappa shape index (κ3) is 2.14. The molecule has 0 bridgehead atoms. The van der Waals surface area contributed by atoms with Crippen molar-refractivity contribution in [2.24, 2.45) is 0 Å². The van der Waals surface area contributed by atoms with Gasteiger partial charge in [0.2, 0.25) is 0 Å². The lowest BCUT2D eigenvalue weighted by atomic mass is 10.3. The molecule has 0 radical (unpaired) electrons. The molecule has 0 aliphatic carbocycles. The van der Waals surface area contributed by atoms with Gasteiger partial charge < -0.3 is 5.11 Å². The van der Waals surface area contributed by atoms with Crippen LogP contribution in [0, 0.1) is 3.57 Å². The monoisotopic (exact) mass is 315 g/mol. The zero-order valence-electron chi connectivity index (χ0n) is 7.46. The Kier molecular flexibility index (Phi) is 2.67. The third-order valence-corrected chi connectivity index (χ3v) is 2.30. The van der Waals surface area contributed by atoms with Crippen LogP contribution in [-0.4, -0.2) is 25.8 Å². The van der Waals surface area contributed by atoms with E-state index in [-0.39, 0.29) is 5.69 Å². The maximum atomic E-state index is 10.7. The van der Waals surface area contributed by atoms with Gasteiger partial charge in [0.1, 0.15) is 0 Å². The van der Waals surface area contributed by atoms with Crippen molar-refractivity contribution in [2.75, 3.05) is 0 Å². The Hall–Kier alpha value is -1.44. The molecule has 2 aromatic heterocycles. The Morgan fingerprint density at radius 3 is 2.87 bits per heavy atom. The van der Waals surface area contributed by atoms with Crippen molar-refractivity contribution in [3.63, 3.8) is 0 Å². The summed E-state index contributed by atoms with van der Waals surface area (Å²) in [5.74, 6) is -0.545. The first-order valence-corrected chi connectivity index (χ1v) is 5.15. The van der Waals surface area contributed by atoms with Crippen LogP contribution in [0.2, 0.25) is 0 Å². The van der Waals surface area contributed by atoms with Crippen LogP contribution in [0.3, 0.4) is 0 Å². The highest BCUT2D eigenvalue weighted by atomic mass is 127. The Balaban J connectivity index is 2.45. The van der Waals surface area contributed by atoms with Gasteiger partial charge in [-0.3, -0.25) is 0 Å². The van der Waals surface area contributed by atoms with Crippen LogP contribution < -0.4 is 0 Å². The van der Waals surface area contributed by atoms with Gasteiger partial charge in [0.05, 0.1) is 9.77 Å². The van der Waals surface area contributed by atoms with E-state index in [1.165, 1.54) is 10.7 Å². The second kappa shape index (κ2) is 3.97. The average molecular weight is 315 g/mol. The van der Waals surface area contributed by atoms with E-state index in [1.54, 1.807) is 24.5 Å². The molecule has 5 nitrogen and oxygen atoms in total. The quantitative estimate of drug-likeness (QED) is 0.854. The summed E-state index contributed by atoms with van der Waals surface area (Å²) in [6.45, 7) is 0. The number of hydrogen-bond donors (Lipinski definition) is 1. The van der Waals surface area contributed by atoms with Crippen LogP contribution >= 0.6 is 22.6 Å². The van der Waals surface area contributed by atoms with Gasteiger partial charge in [0, 0.05) is 6.20 Å². The predicted octanol–water partition coefficient (Wildman–Crippen LogP) is 1.57. The van der Waals surface area contributed by atoms with E-state index < -0.39 is 5.97 Å². The van der Waals surface area contributed by atoms with Crippen LogP contribution in [0.4, 0.5) is 0 Å². The molecular formula is C9H6IN3O2. The molecule has 0 aliphatic heterocycles. The number of halogens is 1. The SMILES string of the molecule is O=C(O)c1cccc(-n2cc(I)cn2)n1. The summed E-state index contributed by atoms with van der Waals surface area (Å²) >= 11 is 2.12. The number of aromatic carboxylic acids is 1. The molecule has 0 fully saturated rings. The summed E-state index contributed by atoms with van der Waals surface area (Å²) in [4.78, 5) is 14.6. The Labute approximate surface area is 98.9 Å². The normalized spacial score (nSPS) is 10.2. The third-order valence-electron chi connectivity index (χ3n) is 1.74. The van der Waals surface area contributed by atoms with Crippen molar-refractivity contribution in [3.05, 3.63) is 39.9 Å². The number of aromatic nitrogens is 3. The Morgan fingerprint density at radius 1 is 1.47 bits per heavy atom. The van der Waals surface area contributed by atoms with Gasteiger partial charge in [-0.15, -0.1) is 0 Å². The fraction of sp³-hybridized carbons (Fsp3) is 0. The van der Waals surface area contributed by atoms with E-state index in [1.807, 2.05) is 0 Å². The van der Waals surface area contributed by atoms with Gasteiger partial charge in [0.25, 0.3) is 0 Å². The van der Waals surface area contributed by atoms with Gasteiger partial charge in [0.15, 0.2) is 11.5 Å². The maximum Gasteiger partial charge on any atom is 0.354 e. The standard InChI is InChI=1S/C9H6IN3O2/c10-6-4-11-13(5-6)8-3-1-2-7(12-8)9(14)15/h1-5H,(H,14,15). The minimum atomic E-state index is -1.04. The van der Waals surface area contributed by atoms with Gasteiger partial charge >= 0.3 is 5.97 Å². The molecule has 0 aromatic carbocycles. The van der Waals surface area contributed by atoms with Crippen molar-refractivity contribution in [1.29, 1.82) is 0 Å². The molecule has 0 atom stereocenters. The molecule has 76 valence electrons. The molecule has 2 rings (SSSR count). The maximum absolute atomic E-state index is 10.7. The number of nitrogens with zero attached hydrogens (tertiary/aromatic N) is 3. The van der Waals surface area contributed by atoms with E-state index in [2.05, 4.69) is 32.7 Å². The lowest BCUT2D eigenvalue weighted by molar-refractivity contribution is 0.0690. The molecule has 0 aliphatic rings. The molecule has 6 heteroatoms. The highest BCUT2D eigenvalue weighted by Gasteiger charge is 2.06. The molecule has 0 saturated carbocycles. The fourth-order valence-corrected chi connectivity index (χ4v) is 1.48. The molecule has 0 spiro atoms. The minimum absolute atomic E-state index is 0.0120. The highest BCUT2D eigenvalue weighted by molar-refractivity contribution is 14.1. The van der Waals surface area contributed by atoms with Crippen LogP contribution in [0.5, 0.6) is 0 Å². The smallest absolute Gasteiger partial charge is 0.354 e. The van der Waals surface area contributed by atoms with Gasteiger partial charge in [-0.25, -0.2) is 14.5 Å². The van der Waals surface area contributed by atoms with Crippen LogP contribution in [0.15, 0.2) is 30.6 Å². The molecule has 2 aromatic rings. The first-order chi connectivity index (χ1) is 7.16. The minimum Gasteiger partial charge on any atom is -0.477 e. The van der Waals surface area contributed by atoms with Crippen LogP contribution in [-0.2, 0) is 0 Å². The zero-order chi connectivity index (χ0) is 10.8. The van der Waals surface area contributed by atoms with Gasteiger partial charge in [-0.1, -0.05) is 6.07 Å². The van der Waals surface area contributed by atoms with E-state index in [0.717, 1.165) is 3.57 Å². The molecule has 0 amide bonds. The largest absolute Gasteiger partial charge is 0.477 e.